The molecule has 2 N–H and O–H groups in total. The van der Waals surface area contributed by atoms with Crippen molar-refractivity contribution < 1.29 is 14.3 Å². The van der Waals surface area contributed by atoms with E-state index < -0.39 is 0 Å². The van der Waals surface area contributed by atoms with Crippen LogP contribution in [-0.4, -0.2) is 32.0 Å². The fraction of sp³-hybridized carbons (Fsp3) is 0.167. The third-order valence-electron chi connectivity index (χ3n) is 4.49. The minimum Gasteiger partial charge on any atom is -0.492 e. The first-order chi connectivity index (χ1) is 14.6. The maximum atomic E-state index is 12.6. The summed E-state index contributed by atoms with van der Waals surface area (Å²) in [5.74, 6) is 0.397. The molecule has 0 aromatic heterocycles. The van der Waals surface area contributed by atoms with E-state index in [0.717, 1.165) is 11.4 Å². The molecule has 0 aliphatic carbocycles. The first-order valence-electron chi connectivity index (χ1n) is 9.77. The first-order valence-corrected chi connectivity index (χ1v) is 9.77. The fourth-order valence-electron chi connectivity index (χ4n) is 2.93. The third-order valence-corrected chi connectivity index (χ3v) is 4.49. The van der Waals surface area contributed by atoms with E-state index >= 15 is 0 Å². The Morgan fingerprint density at radius 3 is 2.27 bits per heavy atom. The molecule has 0 saturated carbocycles. The van der Waals surface area contributed by atoms with Crippen molar-refractivity contribution in [1.29, 1.82) is 0 Å². The molecule has 6 heteroatoms. The fourth-order valence-corrected chi connectivity index (χ4v) is 2.93. The number of nitrogens with zero attached hydrogens (tertiary/aromatic N) is 1. The van der Waals surface area contributed by atoms with Crippen LogP contribution in [0.5, 0.6) is 5.75 Å². The van der Waals surface area contributed by atoms with Gasteiger partial charge in [-0.2, -0.15) is 0 Å². The average molecular weight is 403 g/mol. The topological polar surface area (TPSA) is 70.7 Å². The van der Waals surface area contributed by atoms with E-state index in [4.69, 9.17) is 4.74 Å². The summed E-state index contributed by atoms with van der Waals surface area (Å²) in [5, 5.41) is 5.91. The first kappa shape index (κ1) is 20.9. The Morgan fingerprint density at radius 2 is 1.57 bits per heavy atom. The van der Waals surface area contributed by atoms with Crippen LogP contribution in [0.3, 0.4) is 0 Å². The van der Waals surface area contributed by atoms with Gasteiger partial charge in [0.25, 0.3) is 5.91 Å². The monoisotopic (exact) mass is 403 g/mol. The van der Waals surface area contributed by atoms with Gasteiger partial charge in [0.05, 0.1) is 18.8 Å². The molecule has 3 aromatic rings. The third kappa shape index (κ3) is 5.38. The molecule has 2 amide bonds. The highest BCUT2D eigenvalue weighted by Crippen LogP contribution is 2.23. The van der Waals surface area contributed by atoms with Crippen molar-refractivity contribution in [3.8, 4) is 5.75 Å². The van der Waals surface area contributed by atoms with Gasteiger partial charge in [-0.05, 0) is 55.5 Å². The van der Waals surface area contributed by atoms with E-state index in [1.54, 1.807) is 36.2 Å². The molecular weight excluding hydrogens is 378 g/mol. The predicted octanol–water partition coefficient (Wildman–Crippen LogP) is 4.41. The van der Waals surface area contributed by atoms with Crippen LogP contribution in [0.15, 0.2) is 78.9 Å². The van der Waals surface area contributed by atoms with Crippen LogP contribution in [0, 0.1) is 0 Å². The van der Waals surface area contributed by atoms with E-state index in [9.17, 15) is 9.59 Å². The Kier molecular flexibility index (Phi) is 7.05. The number of anilines is 3. The van der Waals surface area contributed by atoms with E-state index in [1.165, 1.54) is 0 Å². The molecule has 0 atom stereocenters. The van der Waals surface area contributed by atoms with Gasteiger partial charge in [0.1, 0.15) is 5.75 Å². The number of amides is 2. The van der Waals surface area contributed by atoms with Crippen LogP contribution < -0.4 is 20.3 Å². The van der Waals surface area contributed by atoms with Gasteiger partial charge < -0.3 is 20.3 Å². The largest absolute Gasteiger partial charge is 0.492 e. The summed E-state index contributed by atoms with van der Waals surface area (Å²) in [7, 11) is 1.74. The molecule has 3 rings (SSSR count). The molecule has 0 bridgehead atoms. The van der Waals surface area contributed by atoms with Crippen molar-refractivity contribution in [1.82, 2.24) is 0 Å². The number of carbonyl (C=O) groups is 2. The lowest BCUT2D eigenvalue weighted by Crippen LogP contribution is -2.26. The van der Waals surface area contributed by atoms with Gasteiger partial charge >= 0.3 is 0 Å². The summed E-state index contributed by atoms with van der Waals surface area (Å²) < 4.78 is 5.54. The highest BCUT2D eigenvalue weighted by atomic mass is 16.5. The normalized spacial score (nSPS) is 10.2. The summed E-state index contributed by atoms with van der Waals surface area (Å²) in [4.78, 5) is 26.5. The number of para-hydroxylation sites is 3. The SMILES string of the molecule is CCOc1ccccc1NCC(=O)Nc1ccc(C(=O)N(C)c2ccccc2)cc1. The molecule has 30 heavy (non-hydrogen) atoms. The molecule has 0 saturated heterocycles. The number of hydrogen-bond acceptors (Lipinski definition) is 4. The van der Waals surface area contributed by atoms with Gasteiger partial charge in [-0.3, -0.25) is 9.59 Å². The maximum Gasteiger partial charge on any atom is 0.258 e. The van der Waals surface area contributed by atoms with Gasteiger partial charge in [-0.15, -0.1) is 0 Å². The second-order valence-corrected chi connectivity index (χ2v) is 6.61. The van der Waals surface area contributed by atoms with Crippen LogP contribution >= 0.6 is 0 Å². The minimum atomic E-state index is -0.193. The van der Waals surface area contributed by atoms with Crippen LogP contribution in [0.1, 0.15) is 17.3 Å². The lowest BCUT2D eigenvalue weighted by atomic mass is 10.1. The molecule has 0 aliphatic heterocycles. The molecule has 0 heterocycles. The Morgan fingerprint density at radius 1 is 0.900 bits per heavy atom. The molecule has 3 aromatic carbocycles. The van der Waals surface area contributed by atoms with Crippen molar-refractivity contribution in [2.24, 2.45) is 0 Å². The molecule has 0 radical (unpaired) electrons. The smallest absolute Gasteiger partial charge is 0.258 e. The number of hydrogen-bond donors (Lipinski definition) is 2. The summed E-state index contributed by atoms with van der Waals surface area (Å²) in [6.45, 7) is 2.56. The minimum absolute atomic E-state index is 0.0987. The van der Waals surface area contributed by atoms with Crippen LogP contribution in [-0.2, 0) is 4.79 Å². The molecule has 0 fully saturated rings. The average Bonchev–Trinajstić information content (AvgIpc) is 2.79. The lowest BCUT2D eigenvalue weighted by Gasteiger charge is -2.17. The van der Waals surface area contributed by atoms with Gasteiger partial charge in [-0.1, -0.05) is 30.3 Å². The van der Waals surface area contributed by atoms with Crippen molar-refractivity contribution >= 4 is 28.9 Å². The van der Waals surface area contributed by atoms with Crippen molar-refractivity contribution in [2.45, 2.75) is 6.92 Å². The van der Waals surface area contributed by atoms with Gasteiger partial charge in [0, 0.05) is 24.0 Å². The quantitative estimate of drug-likeness (QED) is 0.584. The van der Waals surface area contributed by atoms with E-state index in [1.807, 2.05) is 61.5 Å². The van der Waals surface area contributed by atoms with Crippen molar-refractivity contribution in [2.75, 3.05) is 35.7 Å². The number of carbonyl (C=O) groups excluding carboxylic acids is 2. The second kappa shape index (κ2) is 10.1. The van der Waals surface area contributed by atoms with E-state index in [0.29, 0.717) is 23.6 Å². The highest BCUT2D eigenvalue weighted by molar-refractivity contribution is 6.06. The molecule has 0 aliphatic rings. The van der Waals surface area contributed by atoms with E-state index in [-0.39, 0.29) is 18.4 Å². The van der Waals surface area contributed by atoms with E-state index in [2.05, 4.69) is 10.6 Å². The van der Waals surface area contributed by atoms with Gasteiger partial charge in [0.2, 0.25) is 5.91 Å². The molecule has 154 valence electrons. The lowest BCUT2D eigenvalue weighted by molar-refractivity contribution is -0.114. The molecule has 0 spiro atoms. The van der Waals surface area contributed by atoms with Gasteiger partial charge in [-0.25, -0.2) is 0 Å². The number of ether oxygens (including phenoxy) is 1. The molecular formula is C24H25N3O3. The predicted molar refractivity (Wildman–Crippen MR) is 120 cm³/mol. The van der Waals surface area contributed by atoms with Gasteiger partial charge in [0.15, 0.2) is 0 Å². The molecule has 6 nitrogen and oxygen atoms in total. The van der Waals surface area contributed by atoms with Crippen LogP contribution in [0.25, 0.3) is 0 Å². The zero-order valence-corrected chi connectivity index (χ0v) is 17.1. The summed E-state index contributed by atoms with van der Waals surface area (Å²) in [5.41, 5.74) is 2.75. The number of nitrogens with one attached hydrogen (secondary N) is 2. The standard InChI is InChI=1S/C24H25N3O3/c1-3-30-22-12-8-7-11-21(22)25-17-23(28)26-19-15-13-18(14-16-19)24(29)27(2)20-9-5-4-6-10-20/h4-16,25H,3,17H2,1-2H3,(H,26,28). The molecule has 0 unspecified atom stereocenters. The van der Waals surface area contributed by atoms with Crippen LogP contribution in [0.2, 0.25) is 0 Å². The maximum absolute atomic E-state index is 12.6. The number of rotatable bonds is 8. The second-order valence-electron chi connectivity index (χ2n) is 6.61. The summed E-state index contributed by atoms with van der Waals surface area (Å²) in [6.07, 6.45) is 0. The number of benzene rings is 3. The highest BCUT2D eigenvalue weighted by Gasteiger charge is 2.13. The summed E-state index contributed by atoms with van der Waals surface area (Å²) in [6, 6.07) is 23.8. The Hall–Kier alpha value is -3.80. The Balaban J connectivity index is 1.56. The van der Waals surface area contributed by atoms with Crippen molar-refractivity contribution in [3.05, 3.63) is 84.4 Å². The Labute approximate surface area is 176 Å². The van der Waals surface area contributed by atoms with Crippen molar-refractivity contribution in [3.63, 3.8) is 0 Å². The Bertz CT molecular complexity index is 988. The summed E-state index contributed by atoms with van der Waals surface area (Å²) >= 11 is 0. The zero-order chi connectivity index (χ0) is 21.3. The van der Waals surface area contributed by atoms with Crippen LogP contribution in [0.4, 0.5) is 17.1 Å². The zero-order valence-electron chi connectivity index (χ0n) is 17.1.